The molecule has 24 heavy (non-hydrogen) atoms. The van der Waals surface area contributed by atoms with Crippen molar-refractivity contribution < 1.29 is 9.90 Å². The predicted octanol–water partition coefficient (Wildman–Crippen LogP) is 2.85. The van der Waals surface area contributed by atoms with Crippen LogP contribution in [0, 0.1) is 0 Å². The van der Waals surface area contributed by atoms with E-state index in [0.29, 0.717) is 24.2 Å². The van der Waals surface area contributed by atoms with Crippen LogP contribution in [0.25, 0.3) is 21.6 Å². The van der Waals surface area contributed by atoms with Gasteiger partial charge in [-0.25, -0.2) is 9.67 Å². The highest BCUT2D eigenvalue weighted by molar-refractivity contribution is 7.13. The van der Waals surface area contributed by atoms with E-state index in [2.05, 4.69) is 10.4 Å². The maximum Gasteiger partial charge on any atom is 0.252 e. The Morgan fingerprint density at radius 2 is 2.29 bits per heavy atom. The summed E-state index contributed by atoms with van der Waals surface area (Å²) in [5.41, 5.74) is 2.05. The van der Waals surface area contributed by atoms with Gasteiger partial charge in [-0.15, -0.1) is 11.3 Å². The van der Waals surface area contributed by atoms with Gasteiger partial charge in [-0.1, -0.05) is 6.07 Å². The monoisotopic (exact) mass is 344 g/mol. The average molecular weight is 344 g/mol. The molecule has 0 aromatic carbocycles. The number of hydrogen-bond donors (Lipinski definition) is 2. The van der Waals surface area contributed by atoms with Crippen LogP contribution >= 0.6 is 11.3 Å². The zero-order valence-electron chi connectivity index (χ0n) is 13.7. The molecule has 7 heteroatoms. The lowest BCUT2D eigenvalue weighted by Gasteiger charge is -2.10. The molecule has 3 aromatic heterocycles. The molecule has 0 saturated carbocycles. The van der Waals surface area contributed by atoms with Gasteiger partial charge in [-0.3, -0.25) is 4.79 Å². The number of aliphatic hydroxyl groups excluding tert-OH is 1. The van der Waals surface area contributed by atoms with E-state index < -0.39 is 0 Å². The number of hydrogen-bond acceptors (Lipinski definition) is 5. The minimum atomic E-state index is -0.169. The van der Waals surface area contributed by atoms with E-state index in [9.17, 15) is 4.79 Å². The molecule has 1 amide bonds. The number of aliphatic hydroxyl groups is 1. The third-order valence-electron chi connectivity index (χ3n) is 3.69. The molecule has 6 nitrogen and oxygen atoms in total. The van der Waals surface area contributed by atoms with Crippen molar-refractivity contribution in [3.63, 3.8) is 0 Å². The number of fused-ring (bicyclic) bond motifs is 1. The van der Waals surface area contributed by atoms with E-state index in [1.165, 1.54) is 0 Å². The van der Waals surface area contributed by atoms with Gasteiger partial charge < -0.3 is 10.4 Å². The van der Waals surface area contributed by atoms with Gasteiger partial charge in [0.05, 0.1) is 27.7 Å². The largest absolute Gasteiger partial charge is 0.396 e. The van der Waals surface area contributed by atoms with E-state index >= 15 is 0 Å². The lowest BCUT2D eigenvalue weighted by molar-refractivity contribution is 0.0953. The third-order valence-corrected chi connectivity index (χ3v) is 4.59. The minimum Gasteiger partial charge on any atom is -0.396 e. The quantitative estimate of drug-likeness (QED) is 0.674. The first-order valence-electron chi connectivity index (χ1n) is 7.93. The van der Waals surface area contributed by atoms with Gasteiger partial charge in [0.15, 0.2) is 5.65 Å². The summed E-state index contributed by atoms with van der Waals surface area (Å²) < 4.78 is 1.83. The molecular weight excluding hydrogens is 324 g/mol. The number of rotatable bonds is 6. The maximum atomic E-state index is 12.6. The lowest BCUT2D eigenvalue weighted by atomic mass is 10.1. The summed E-state index contributed by atoms with van der Waals surface area (Å²) in [5.74, 6) is -0.169. The summed E-state index contributed by atoms with van der Waals surface area (Å²) in [6, 6.07) is 5.92. The molecule has 3 aromatic rings. The number of pyridine rings is 1. The molecule has 0 radical (unpaired) electrons. The summed E-state index contributed by atoms with van der Waals surface area (Å²) in [7, 11) is 0. The highest BCUT2D eigenvalue weighted by Crippen LogP contribution is 2.28. The SMILES string of the molecule is CC(C)n1ncc2c(C(=O)NCCCO)cc(-c3cccs3)nc21. The topological polar surface area (TPSA) is 80.0 Å². The van der Waals surface area contributed by atoms with Crippen molar-refractivity contribution in [3.05, 3.63) is 35.3 Å². The zero-order chi connectivity index (χ0) is 17.1. The first-order chi connectivity index (χ1) is 11.6. The van der Waals surface area contributed by atoms with Crippen LogP contribution in [-0.4, -0.2) is 38.9 Å². The van der Waals surface area contributed by atoms with Crippen molar-refractivity contribution in [3.8, 4) is 10.6 Å². The number of nitrogens with one attached hydrogen (secondary N) is 1. The number of nitrogens with zero attached hydrogens (tertiary/aromatic N) is 3. The maximum absolute atomic E-state index is 12.6. The lowest BCUT2D eigenvalue weighted by Crippen LogP contribution is -2.25. The van der Waals surface area contributed by atoms with Crippen molar-refractivity contribution >= 4 is 28.3 Å². The molecule has 0 unspecified atom stereocenters. The van der Waals surface area contributed by atoms with Crippen molar-refractivity contribution in [1.82, 2.24) is 20.1 Å². The van der Waals surface area contributed by atoms with Gasteiger partial charge in [-0.05, 0) is 37.8 Å². The van der Waals surface area contributed by atoms with E-state index in [0.717, 1.165) is 16.0 Å². The molecule has 0 spiro atoms. The smallest absolute Gasteiger partial charge is 0.252 e. The van der Waals surface area contributed by atoms with Gasteiger partial charge in [-0.2, -0.15) is 5.10 Å². The predicted molar refractivity (Wildman–Crippen MR) is 95.3 cm³/mol. The van der Waals surface area contributed by atoms with Crippen LogP contribution in [0.1, 0.15) is 36.7 Å². The van der Waals surface area contributed by atoms with Crippen LogP contribution in [0.15, 0.2) is 29.8 Å². The van der Waals surface area contributed by atoms with Crippen LogP contribution in [0.2, 0.25) is 0 Å². The van der Waals surface area contributed by atoms with Crippen LogP contribution in [-0.2, 0) is 0 Å². The highest BCUT2D eigenvalue weighted by Gasteiger charge is 2.18. The summed E-state index contributed by atoms with van der Waals surface area (Å²) in [6.07, 6.45) is 2.23. The van der Waals surface area contributed by atoms with Crippen molar-refractivity contribution in [2.75, 3.05) is 13.2 Å². The zero-order valence-corrected chi connectivity index (χ0v) is 14.5. The molecule has 2 N–H and O–H groups in total. The molecule has 0 atom stereocenters. The Hall–Kier alpha value is -2.25. The second kappa shape index (κ2) is 7.11. The standard InChI is InChI=1S/C17H20N4O2S/c1-11(2)21-16-13(10-19-21)12(17(23)18-6-4-7-22)9-14(20-16)15-5-3-8-24-15/h3,5,8-11,22H,4,6-7H2,1-2H3,(H,18,23). The summed E-state index contributed by atoms with van der Waals surface area (Å²) >= 11 is 1.59. The second-order valence-corrected chi connectivity index (χ2v) is 6.73. The molecule has 0 aliphatic rings. The minimum absolute atomic E-state index is 0.0533. The highest BCUT2D eigenvalue weighted by atomic mass is 32.1. The van der Waals surface area contributed by atoms with Gasteiger partial charge in [0.1, 0.15) is 0 Å². The van der Waals surface area contributed by atoms with Gasteiger partial charge >= 0.3 is 0 Å². The number of carbonyl (C=O) groups is 1. The average Bonchev–Trinajstić information content (AvgIpc) is 3.23. The molecule has 3 heterocycles. The van der Waals surface area contributed by atoms with E-state index in [4.69, 9.17) is 10.1 Å². The molecule has 3 rings (SSSR count). The first kappa shape index (κ1) is 16.6. The Bertz CT molecular complexity index is 840. The van der Waals surface area contributed by atoms with Crippen LogP contribution in [0.3, 0.4) is 0 Å². The fraction of sp³-hybridized carbons (Fsp3) is 0.353. The van der Waals surface area contributed by atoms with Crippen LogP contribution in [0.4, 0.5) is 0 Å². The molecule has 0 aliphatic carbocycles. The number of aromatic nitrogens is 3. The van der Waals surface area contributed by atoms with Crippen molar-refractivity contribution in [2.45, 2.75) is 26.3 Å². The second-order valence-electron chi connectivity index (χ2n) is 5.79. The number of thiophene rings is 1. The fourth-order valence-corrected chi connectivity index (χ4v) is 3.20. The molecular formula is C17H20N4O2S. The molecule has 0 saturated heterocycles. The molecule has 0 aliphatic heterocycles. The van der Waals surface area contributed by atoms with Crippen molar-refractivity contribution in [1.29, 1.82) is 0 Å². The van der Waals surface area contributed by atoms with Gasteiger partial charge in [0.25, 0.3) is 5.91 Å². The first-order valence-corrected chi connectivity index (χ1v) is 8.81. The van der Waals surface area contributed by atoms with E-state index in [1.54, 1.807) is 17.5 Å². The molecule has 126 valence electrons. The normalized spacial score (nSPS) is 11.3. The van der Waals surface area contributed by atoms with Crippen LogP contribution < -0.4 is 5.32 Å². The summed E-state index contributed by atoms with van der Waals surface area (Å²) in [6.45, 7) is 4.56. The fourth-order valence-electron chi connectivity index (χ4n) is 2.51. The number of amides is 1. The third kappa shape index (κ3) is 3.18. The van der Waals surface area contributed by atoms with E-state index in [-0.39, 0.29) is 18.6 Å². The Labute approximate surface area is 144 Å². The Kier molecular flexibility index (Phi) is 4.92. The molecule has 0 bridgehead atoms. The summed E-state index contributed by atoms with van der Waals surface area (Å²) in [4.78, 5) is 18.3. The van der Waals surface area contributed by atoms with Gasteiger partial charge in [0.2, 0.25) is 0 Å². The van der Waals surface area contributed by atoms with Crippen LogP contribution in [0.5, 0.6) is 0 Å². The van der Waals surface area contributed by atoms with Gasteiger partial charge in [0, 0.05) is 19.2 Å². The number of carbonyl (C=O) groups excluding carboxylic acids is 1. The summed E-state index contributed by atoms with van der Waals surface area (Å²) in [5, 5.41) is 18.8. The van der Waals surface area contributed by atoms with E-state index in [1.807, 2.05) is 42.1 Å². The Morgan fingerprint density at radius 1 is 1.46 bits per heavy atom. The molecule has 0 fully saturated rings. The Morgan fingerprint density at radius 3 is 2.96 bits per heavy atom. The van der Waals surface area contributed by atoms with Crippen molar-refractivity contribution in [2.24, 2.45) is 0 Å². The Balaban J connectivity index is 2.10.